The summed E-state index contributed by atoms with van der Waals surface area (Å²) >= 11 is 4.59. The van der Waals surface area contributed by atoms with Gasteiger partial charge in [-0.15, -0.1) is 34.4 Å². The number of nitrogens with one attached hydrogen (secondary N) is 1. The van der Waals surface area contributed by atoms with Crippen LogP contribution >= 0.6 is 34.4 Å². The summed E-state index contributed by atoms with van der Waals surface area (Å²) in [4.78, 5) is 32.9. The SMILES string of the molecule is Cc1nc(CSc2ccc(C(=O)Nc3nc(CC(N)=O)cs3)cc2)cs1. The molecule has 3 N–H and O–H groups in total. The number of hydrogen-bond donors (Lipinski definition) is 2. The van der Waals surface area contributed by atoms with E-state index in [0.29, 0.717) is 16.4 Å². The lowest BCUT2D eigenvalue weighted by molar-refractivity contribution is -0.117. The lowest BCUT2D eigenvalue weighted by Crippen LogP contribution is -2.14. The second kappa shape index (κ2) is 8.43. The fourth-order valence-corrected chi connectivity index (χ4v) is 4.34. The molecule has 0 atom stereocenters. The summed E-state index contributed by atoms with van der Waals surface area (Å²) in [7, 11) is 0. The number of carbonyl (C=O) groups is 2. The number of thioether (sulfide) groups is 1. The maximum Gasteiger partial charge on any atom is 0.257 e. The Hall–Kier alpha value is -2.23. The van der Waals surface area contributed by atoms with Crippen LogP contribution < -0.4 is 11.1 Å². The van der Waals surface area contributed by atoms with Crippen LogP contribution in [-0.4, -0.2) is 21.8 Å². The summed E-state index contributed by atoms with van der Waals surface area (Å²) in [5, 5.41) is 8.01. The lowest BCUT2D eigenvalue weighted by atomic mass is 10.2. The van der Waals surface area contributed by atoms with Crippen molar-refractivity contribution in [1.29, 1.82) is 0 Å². The average molecular weight is 405 g/mol. The van der Waals surface area contributed by atoms with E-state index in [4.69, 9.17) is 5.73 Å². The number of aryl methyl sites for hydroxylation is 1. The van der Waals surface area contributed by atoms with Crippen molar-refractivity contribution in [3.05, 3.63) is 57.0 Å². The molecule has 2 heterocycles. The van der Waals surface area contributed by atoms with Gasteiger partial charge < -0.3 is 5.73 Å². The van der Waals surface area contributed by atoms with Gasteiger partial charge in [0.15, 0.2) is 5.13 Å². The molecule has 6 nitrogen and oxygen atoms in total. The Bertz CT molecular complexity index is 918. The highest BCUT2D eigenvalue weighted by Crippen LogP contribution is 2.24. The minimum Gasteiger partial charge on any atom is -0.369 e. The number of carbonyl (C=O) groups excluding carboxylic acids is 2. The van der Waals surface area contributed by atoms with Crippen LogP contribution in [0.4, 0.5) is 5.13 Å². The first-order valence-corrected chi connectivity index (χ1v) is 10.4. The van der Waals surface area contributed by atoms with Gasteiger partial charge in [-0.2, -0.15) is 0 Å². The van der Waals surface area contributed by atoms with Crippen molar-refractivity contribution in [1.82, 2.24) is 9.97 Å². The molecular formula is C17H16N4O2S3. The van der Waals surface area contributed by atoms with Crippen LogP contribution in [0.3, 0.4) is 0 Å². The maximum absolute atomic E-state index is 12.3. The summed E-state index contributed by atoms with van der Waals surface area (Å²) in [5.41, 5.74) is 7.30. The zero-order valence-electron chi connectivity index (χ0n) is 13.9. The van der Waals surface area contributed by atoms with Crippen molar-refractivity contribution < 1.29 is 9.59 Å². The fourth-order valence-electron chi connectivity index (χ4n) is 2.13. The normalized spacial score (nSPS) is 10.7. The quantitative estimate of drug-likeness (QED) is 0.588. The number of anilines is 1. The van der Waals surface area contributed by atoms with Gasteiger partial charge in [-0.05, 0) is 31.2 Å². The number of primary amides is 1. The van der Waals surface area contributed by atoms with E-state index in [1.165, 1.54) is 11.3 Å². The molecule has 0 fully saturated rings. The minimum absolute atomic E-state index is 0.0663. The number of rotatable bonds is 7. The fraction of sp³-hybridized carbons (Fsp3) is 0.176. The highest BCUT2D eigenvalue weighted by molar-refractivity contribution is 7.98. The van der Waals surface area contributed by atoms with E-state index in [-0.39, 0.29) is 12.3 Å². The van der Waals surface area contributed by atoms with Crippen molar-refractivity contribution in [3.8, 4) is 0 Å². The molecule has 0 radical (unpaired) electrons. The van der Waals surface area contributed by atoms with E-state index in [0.717, 1.165) is 21.3 Å². The summed E-state index contributed by atoms with van der Waals surface area (Å²) in [5.74, 6) is 0.114. The first kappa shape index (κ1) is 18.6. The van der Waals surface area contributed by atoms with E-state index in [1.54, 1.807) is 40.6 Å². The molecule has 3 aromatic rings. The van der Waals surface area contributed by atoms with Gasteiger partial charge in [0.05, 0.1) is 22.8 Å². The molecule has 0 unspecified atom stereocenters. The Balaban J connectivity index is 1.56. The Morgan fingerprint density at radius 2 is 1.85 bits per heavy atom. The van der Waals surface area contributed by atoms with Crippen LogP contribution in [0.1, 0.15) is 26.8 Å². The molecule has 0 aliphatic carbocycles. The van der Waals surface area contributed by atoms with Gasteiger partial charge >= 0.3 is 0 Å². The third kappa shape index (κ3) is 5.13. The third-order valence-corrected chi connectivity index (χ3v) is 5.97. The number of hydrogen-bond acceptors (Lipinski definition) is 7. The number of amides is 2. The van der Waals surface area contributed by atoms with Crippen molar-refractivity contribution in [2.75, 3.05) is 5.32 Å². The zero-order chi connectivity index (χ0) is 18.5. The number of nitrogens with two attached hydrogens (primary N) is 1. The van der Waals surface area contributed by atoms with Crippen LogP contribution in [-0.2, 0) is 17.0 Å². The predicted molar refractivity (Wildman–Crippen MR) is 106 cm³/mol. The van der Waals surface area contributed by atoms with E-state index in [9.17, 15) is 9.59 Å². The number of thiazole rings is 2. The maximum atomic E-state index is 12.3. The van der Waals surface area contributed by atoms with Gasteiger partial charge in [0.2, 0.25) is 5.91 Å². The van der Waals surface area contributed by atoms with E-state index in [1.807, 2.05) is 19.1 Å². The Kier molecular flexibility index (Phi) is 6.02. The molecule has 0 aliphatic rings. The van der Waals surface area contributed by atoms with Crippen molar-refractivity contribution >= 4 is 51.4 Å². The summed E-state index contributed by atoms with van der Waals surface area (Å²) in [6, 6.07) is 7.39. The second-order valence-electron chi connectivity index (χ2n) is 5.41. The molecular weight excluding hydrogens is 388 g/mol. The predicted octanol–water partition coefficient (Wildman–Crippen LogP) is 3.48. The molecule has 0 spiro atoms. The van der Waals surface area contributed by atoms with Gasteiger partial charge in [0.25, 0.3) is 5.91 Å². The molecule has 0 aliphatic heterocycles. The number of benzene rings is 1. The minimum atomic E-state index is -0.450. The van der Waals surface area contributed by atoms with Crippen molar-refractivity contribution in [3.63, 3.8) is 0 Å². The molecule has 26 heavy (non-hydrogen) atoms. The molecule has 134 valence electrons. The van der Waals surface area contributed by atoms with Crippen LogP contribution in [0.25, 0.3) is 0 Å². The standard InChI is InChI=1S/C17H16N4O2S3/c1-10-19-13(8-24-10)9-25-14-4-2-11(3-5-14)16(23)21-17-20-12(7-26-17)6-15(18)22/h2-5,7-8H,6,9H2,1H3,(H2,18,22)(H,20,21,23). The van der Waals surface area contributed by atoms with Crippen molar-refractivity contribution in [2.45, 2.75) is 24.0 Å². The van der Waals surface area contributed by atoms with E-state index in [2.05, 4.69) is 20.7 Å². The van der Waals surface area contributed by atoms with Crippen LogP contribution in [0.15, 0.2) is 39.9 Å². The lowest BCUT2D eigenvalue weighted by Gasteiger charge is -2.04. The zero-order valence-corrected chi connectivity index (χ0v) is 16.3. The molecule has 9 heteroatoms. The van der Waals surface area contributed by atoms with Gasteiger partial charge in [0, 0.05) is 27.0 Å². The first-order chi connectivity index (χ1) is 12.5. The van der Waals surface area contributed by atoms with Crippen molar-refractivity contribution in [2.24, 2.45) is 5.73 Å². The van der Waals surface area contributed by atoms with Crippen LogP contribution in [0, 0.1) is 6.92 Å². The largest absolute Gasteiger partial charge is 0.369 e. The smallest absolute Gasteiger partial charge is 0.257 e. The monoisotopic (exact) mass is 404 g/mol. The van der Waals surface area contributed by atoms with Gasteiger partial charge in [-0.3, -0.25) is 14.9 Å². The molecule has 0 saturated carbocycles. The van der Waals surface area contributed by atoms with Gasteiger partial charge in [0.1, 0.15) is 0 Å². The van der Waals surface area contributed by atoms with Crippen LogP contribution in [0.2, 0.25) is 0 Å². The molecule has 2 amide bonds. The Morgan fingerprint density at radius 3 is 2.50 bits per heavy atom. The molecule has 0 bridgehead atoms. The van der Waals surface area contributed by atoms with E-state index >= 15 is 0 Å². The highest BCUT2D eigenvalue weighted by Gasteiger charge is 2.10. The van der Waals surface area contributed by atoms with Gasteiger partial charge in [-0.1, -0.05) is 0 Å². The topological polar surface area (TPSA) is 98.0 Å². The number of aromatic nitrogens is 2. The summed E-state index contributed by atoms with van der Waals surface area (Å²) in [6.45, 7) is 1.99. The number of nitrogens with zero attached hydrogens (tertiary/aromatic N) is 2. The van der Waals surface area contributed by atoms with E-state index < -0.39 is 5.91 Å². The summed E-state index contributed by atoms with van der Waals surface area (Å²) in [6.07, 6.45) is 0.0663. The Morgan fingerprint density at radius 1 is 1.12 bits per heavy atom. The molecule has 2 aromatic heterocycles. The molecule has 3 rings (SSSR count). The first-order valence-electron chi connectivity index (χ1n) is 7.67. The van der Waals surface area contributed by atoms with Gasteiger partial charge in [-0.25, -0.2) is 9.97 Å². The molecule has 0 saturated heterocycles. The highest BCUT2D eigenvalue weighted by atomic mass is 32.2. The second-order valence-corrected chi connectivity index (χ2v) is 8.38. The average Bonchev–Trinajstić information content (AvgIpc) is 3.21. The van der Waals surface area contributed by atoms with Crippen LogP contribution in [0.5, 0.6) is 0 Å². The summed E-state index contributed by atoms with van der Waals surface area (Å²) < 4.78 is 0. The third-order valence-electron chi connectivity index (χ3n) is 3.30. The molecule has 1 aromatic carbocycles. The Labute approximate surface area is 162 Å².